The van der Waals surface area contributed by atoms with Crippen LogP contribution in [0.25, 0.3) is 10.8 Å². The molecule has 6 nitrogen and oxygen atoms in total. The van der Waals surface area contributed by atoms with E-state index in [0.717, 1.165) is 48.7 Å². The maximum absolute atomic E-state index is 9.67. The van der Waals surface area contributed by atoms with Gasteiger partial charge in [-0.15, -0.1) is 0 Å². The van der Waals surface area contributed by atoms with Gasteiger partial charge in [-0.2, -0.15) is 0 Å². The van der Waals surface area contributed by atoms with Gasteiger partial charge in [0.2, 0.25) is 5.72 Å². The quantitative estimate of drug-likeness (QED) is 0.297. The Balaban J connectivity index is 0.00000142. The Hall–Kier alpha value is -4.19. The van der Waals surface area contributed by atoms with Crippen molar-refractivity contribution in [3.63, 3.8) is 0 Å². The molecule has 40 heavy (non-hydrogen) atoms. The van der Waals surface area contributed by atoms with Gasteiger partial charge in [0.05, 0.1) is 11.6 Å². The van der Waals surface area contributed by atoms with Crippen LogP contribution in [0.5, 0.6) is 11.5 Å². The maximum atomic E-state index is 9.67. The van der Waals surface area contributed by atoms with E-state index in [2.05, 4.69) is 90.2 Å². The monoisotopic (exact) mass is 534 g/mol. The van der Waals surface area contributed by atoms with Gasteiger partial charge in [0.15, 0.2) is 5.75 Å². The predicted molar refractivity (Wildman–Crippen MR) is 167 cm³/mol. The summed E-state index contributed by atoms with van der Waals surface area (Å²) in [6.45, 7) is 12.1. The lowest BCUT2D eigenvalue weighted by Crippen LogP contribution is -2.61. The summed E-state index contributed by atoms with van der Waals surface area (Å²) >= 11 is 0. The molecule has 0 aliphatic carbocycles. The molecule has 206 valence electrons. The lowest BCUT2D eigenvalue weighted by atomic mass is 9.77. The molecule has 0 bridgehead atoms. The Morgan fingerprint density at radius 1 is 0.775 bits per heavy atom. The summed E-state index contributed by atoms with van der Waals surface area (Å²) in [4.78, 5) is 12.2. The third-order valence-corrected chi connectivity index (χ3v) is 8.76. The number of ether oxygens (including phenoxy) is 1. The van der Waals surface area contributed by atoms with Crippen LogP contribution < -0.4 is 19.4 Å². The van der Waals surface area contributed by atoms with Crippen molar-refractivity contribution >= 4 is 39.7 Å². The maximum Gasteiger partial charge on any atom is 0.228 e. The summed E-state index contributed by atoms with van der Waals surface area (Å²) in [6, 6.07) is 26.8. The van der Waals surface area contributed by atoms with Crippen LogP contribution >= 0.6 is 0 Å². The number of hydrogen-bond donors (Lipinski definition) is 1. The molecule has 6 heteroatoms. The Labute approximate surface area is 237 Å². The van der Waals surface area contributed by atoms with E-state index in [9.17, 15) is 5.11 Å². The highest BCUT2D eigenvalue weighted by atomic mass is 16.5. The molecule has 4 aromatic rings. The fourth-order valence-electron chi connectivity index (χ4n) is 6.53. The number of nitrogens with zero attached hydrogens (tertiary/aromatic N) is 4. The Morgan fingerprint density at radius 2 is 1.40 bits per heavy atom. The van der Waals surface area contributed by atoms with Gasteiger partial charge in [-0.3, -0.25) is 4.99 Å². The second-order valence-corrected chi connectivity index (χ2v) is 11.0. The standard InChI is InChI=1S/C32H32N4O2.C2H6/c1-31(2)26-10-6-7-11-27(26)34(3)32(31)21-33-30-25-9-5-4-8-24(25)28(20-29(30)38-32)36-18-16-35(17-19-36)22-12-14-23(37)15-13-22;1-2/h4-15,20-21,37H,16-19H2,1-3H3;1-2H3. The van der Waals surface area contributed by atoms with Gasteiger partial charge in [-0.25, -0.2) is 0 Å². The van der Waals surface area contributed by atoms with Gasteiger partial charge < -0.3 is 24.5 Å². The minimum absolute atomic E-state index is 0.291. The number of fused-ring (bicyclic) bond motifs is 4. The van der Waals surface area contributed by atoms with Crippen LogP contribution in [0.3, 0.4) is 0 Å². The zero-order valence-corrected chi connectivity index (χ0v) is 24.1. The lowest BCUT2D eigenvalue weighted by molar-refractivity contribution is 0.0827. The minimum Gasteiger partial charge on any atom is -0.508 e. The average Bonchev–Trinajstić information content (AvgIpc) is 3.16. The van der Waals surface area contributed by atoms with Crippen LogP contribution in [0.2, 0.25) is 0 Å². The number of likely N-dealkylation sites (N-methyl/N-ethyl adjacent to an activating group) is 1. The van der Waals surface area contributed by atoms with E-state index < -0.39 is 5.72 Å². The lowest BCUT2D eigenvalue weighted by Gasteiger charge is -2.45. The van der Waals surface area contributed by atoms with E-state index in [1.54, 1.807) is 12.1 Å². The first-order chi connectivity index (χ1) is 19.4. The van der Waals surface area contributed by atoms with Crippen molar-refractivity contribution in [2.24, 2.45) is 4.99 Å². The number of rotatable bonds is 2. The van der Waals surface area contributed by atoms with Gasteiger partial charge in [0.25, 0.3) is 0 Å². The van der Waals surface area contributed by atoms with Crippen LogP contribution in [0.15, 0.2) is 83.9 Å². The number of aliphatic imine (C=N–C) groups is 1. The van der Waals surface area contributed by atoms with Gasteiger partial charge >= 0.3 is 0 Å². The molecule has 1 spiro atoms. The normalized spacial score (nSPS) is 20.6. The predicted octanol–water partition coefficient (Wildman–Crippen LogP) is 7.12. The fraction of sp³-hybridized carbons (Fsp3) is 0.324. The molecule has 3 aliphatic heterocycles. The molecule has 1 unspecified atom stereocenters. The molecule has 0 amide bonds. The number of phenols is 1. The largest absolute Gasteiger partial charge is 0.508 e. The molecular formula is C34H38N4O2. The molecule has 0 saturated carbocycles. The van der Waals surface area contributed by atoms with Gasteiger partial charge in [0, 0.05) is 67.1 Å². The second kappa shape index (κ2) is 9.77. The van der Waals surface area contributed by atoms with Crippen LogP contribution in [-0.2, 0) is 5.41 Å². The highest BCUT2D eigenvalue weighted by molar-refractivity contribution is 6.06. The summed E-state index contributed by atoms with van der Waals surface area (Å²) in [5, 5.41) is 12.0. The van der Waals surface area contributed by atoms with Gasteiger partial charge in [-0.05, 0) is 49.7 Å². The summed E-state index contributed by atoms with van der Waals surface area (Å²) in [7, 11) is 2.11. The number of aromatic hydroxyl groups is 1. The van der Waals surface area contributed by atoms with Gasteiger partial charge in [-0.1, -0.05) is 56.3 Å². The minimum atomic E-state index is -0.707. The zero-order valence-electron chi connectivity index (χ0n) is 24.1. The van der Waals surface area contributed by atoms with Crippen molar-refractivity contribution in [2.45, 2.75) is 38.8 Å². The molecule has 7 rings (SSSR count). The number of piperazine rings is 1. The van der Waals surface area contributed by atoms with Crippen LogP contribution in [0.4, 0.5) is 22.7 Å². The molecular weight excluding hydrogens is 496 g/mol. The van der Waals surface area contributed by atoms with Crippen LogP contribution in [0, 0.1) is 0 Å². The molecule has 1 atom stereocenters. The van der Waals surface area contributed by atoms with Crippen molar-refractivity contribution in [1.29, 1.82) is 0 Å². The molecule has 4 aromatic carbocycles. The smallest absolute Gasteiger partial charge is 0.228 e. The van der Waals surface area contributed by atoms with E-state index in [1.807, 2.05) is 32.2 Å². The Kier molecular flexibility index (Phi) is 6.37. The topological polar surface area (TPSA) is 51.5 Å². The van der Waals surface area contributed by atoms with Crippen molar-refractivity contribution in [3.8, 4) is 11.5 Å². The van der Waals surface area contributed by atoms with E-state index in [0.29, 0.717) is 5.75 Å². The SMILES string of the molecule is CC.CN1c2ccccc2C(C)(C)C12C=Nc1c(cc(N3CCN(c4ccc(O)cc4)CC3)c3ccccc13)O2. The summed E-state index contributed by atoms with van der Waals surface area (Å²) < 4.78 is 7.05. The van der Waals surface area contributed by atoms with E-state index in [1.165, 1.54) is 22.3 Å². The average molecular weight is 535 g/mol. The van der Waals surface area contributed by atoms with Crippen molar-refractivity contribution in [2.75, 3.05) is 47.9 Å². The summed E-state index contributed by atoms with van der Waals surface area (Å²) in [5.41, 5.74) is 4.68. The number of hydrogen-bond acceptors (Lipinski definition) is 6. The first-order valence-electron chi connectivity index (χ1n) is 14.3. The first kappa shape index (κ1) is 26.1. The molecule has 1 saturated heterocycles. The Bertz CT molecular complexity index is 1570. The number of para-hydroxylation sites is 1. The number of anilines is 3. The molecule has 3 aliphatic rings. The fourth-order valence-corrected chi connectivity index (χ4v) is 6.53. The van der Waals surface area contributed by atoms with Crippen molar-refractivity contribution in [1.82, 2.24) is 0 Å². The Morgan fingerprint density at radius 3 is 2.10 bits per heavy atom. The third kappa shape index (κ3) is 3.80. The first-order valence-corrected chi connectivity index (χ1v) is 14.3. The van der Waals surface area contributed by atoms with Crippen LogP contribution in [0.1, 0.15) is 33.3 Å². The van der Waals surface area contributed by atoms with Crippen LogP contribution in [-0.4, -0.2) is 50.3 Å². The number of phenolic OH excluding ortho intramolecular Hbond substituents is 1. The van der Waals surface area contributed by atoms with Gasteiger partial charge in [0.1, 0.15) is 11.4 Å². The molecule has 0 aromatic heterocycles. The molecule has 1 fully saturated rings. The number of benzene rings is 4. The van der Waals surface area contributed by atoms with Crippen molar-refractivity contribution < 1.29 is 9.84 Å². The molecule has 0 radical (unpaired) electrons. The highest BCUT2D eigenvalue weighted by Crippen LogP contribution is 2.55. The zero-order chi connectivity index (χ0) is 28.1. The highest BCUT2D eigenvalue weighted by Gasteiger charge is 2.58. The van der Waals surface area contributed by atoms with E-state index >= 15 is 0 Å². The molecule has 3 heterocycles. The second-order valence-electron chi connectivity index (χ2n) is 11.0. The summed E-state index contributed by atoms with van der Waals surface area (Å²) in [6.07, 6.45) is 2.01. The molecule has 1 N–H and O–H groups in total. The van der Waals surface area contributed by atoms with E-state index in [4.69, 9.17) is 9.73 Å². The third-order valence-electron chi connectivity index (χ3n) is 8.76. The van der Waals surface area contributed by atoms with E-state index in [-0.39, 0.29) is 5.41 Å². The summed E-state index contributed by atoms with van der Waals surface area (Å²) in [5.74, 6) is 1.13. The van der Waals surface area contributed by atoms with Crippen molar-refractivity contribution in [3.05, 3.63) is 84.4 Å².